The van der Waals surface area contributed by atoms with Crippen molar-refractivity contribution >= 4 is 35.1 Å². The van der Waals surface area contributed by atoms with Gasteiger partial charge in [-0.3, -0.25) is 0 Å². The molecule has 3 saturated carbocycles. The van der Waals surface area contributed by atoms with Crippen LogP contribution in [0, 0.1) is 28.6 Å². The number of alkyl halides is 1. The Morgan fingerprint density at radius 2 is 1.94 bits per heavy atom. The highest BCUT2D eigenvalue weighted by Crippen LogP contribution is 2.79. The molecular weight excluding hydrogens is 282 g/mol. The van der Waals surface area contributed by atoms with Gasteiger partial charge in [-0.1, -0.05) is 12.8 Å². The first-order chi connectivity index (χ1) is 8.67. The molecule has 4 rings (SSSR count). The van der Waals surface area contributed by atoms with Gasteiger partial charge in [0.05, 0.1) is 10.1 Å². The Labute approximate surface area is 122 Å². The first kappa shape index (κ1) is 12.2. The molecule has 1 saturated heterocycles. The zero-order valence-corrected chi connectivity index (χ0v) is 12.8. The number of thioether (sulfide) groups is 2. The Hall–Kier alpha value is 0.480. The minimum atomic E-state index is -0.544. The van der Waals surface area contributed by atoms with Gasteiger partial charge in [0, 0.05) is 16.9 Å². The van der Waals surface area contributed by atoms with E-state index in [1.807, 2.05) is 0 Å². The molecule has 1 heterocycles. The van der Waals surface area contributed by atoms with Crippen molar-refractivity contribution in [3.05, 3.63) is 0 Å². The molecule has 1 aliphatic heterocycles. The molecule has 3 aliphatic carbocycles. The van der Waals surface area contributed by atoms with E-state index in [9.17, 15) is 5.26 Å². The van der Waals surface area contributed by atoms with E-state index in [2.05, 4.69) is 29.6 Å². The van der Waals surface area contributed by atoms with Gasteiger partial charge < -0.3 is 0 Å². The van der Waals surface area contributed by atoms with Crippen molar-refractivity contribution in [3.8, 4) is 6.07 Å². The van der Waals surface area contributed by atoms with Crippen molar-refractivity contribution in [1.29, 1.82) is 5.26 Å². The fraction of sp³-hybridized carbons (Fsp3) is 0.929. The fourth-order valence-corrected chi connectivity index (χ4v) is 9.89. The zero-order valence-electron chi connectivity index (χ0n) is 10.5. The van der Waals surface area contributed by atoms with Gasteiger partial charge in [-0.05, 0) is 37.5 Å². The summed E-state index contributed by atoms with van der Waals surface area (Å²) in [6.07, 6.45) is 7.32. The van der Waals surface area contributed by atoms with Crippen LogP contribution in [0.15, 0.2) is 0 Å². The largest absolute Gasteiger partial charge is 0.196 e. The van der Waals surface area contributed by atoms with Gasteiger partial charge in [0.1, 0.15) is 4.87 Å². The molecule has 0 amide bonds. The van der Waals surface area contributed by atoms with Crippen molar-refractivity contribution in [2.24, 2.45) is 17.3 Å². The molecule has 18 heavy (non-hydrogen) atoms. The summed E-state index contributed by atoms with van der Waals surface area (Å²) in [6.45, 7) is 0. The maximum atomic E-state index is 9.62. The van der Waals surface area contributed by atoms with E-state index < -0.39 is 4.87 Å². The predicted octanol–water partition coefficient (Wildman–Crippen LogP) is 4.26. The number of rotatable bonds is 0. The molecule has 1 unspecified atom stereocenters. The summed E-state index contributed by atoms with van der Waals surface area (Å²) in [5.41, 5.74) is 0.149. The molecule has 2 bridgehead atoms. The molecular formula is C14H18ClNS2. The fourth-order valence-electron chi connectivity index (χ4n) is 5.37. The molecule has 98 valence electrons. The minimum Gasteiger partial charge on any atom is -0.196 e. The second-order valence-electron chi connectivity index (χ2n) is 6.39. The Kier molecular flexibility index (Phi) is 2.56. The normalized spacial score (nSPS) is 52.4. The lowest BCUT2D eigenvalue weighted by atomic mass is 9.60. The molecule has 4 heteroatoms. The monoisotopic (exact) mass is 299 g/mol. The summed E-state index contributed by atoms with van der Waals surface area (Å²) in [5.74, 6) is 3.99. The van der Waals surface area contributed by atoms with E-state index >= 15 is 0 Å². The lowest BCUT2D eigenvalue weighted by Gasteiger charge is -2.52. The third-order valence-electron chi connectivity index (χ3n) is 5.93. The standard InChI is InChI=1S/C14H18ClNS2/c15-13(9-16)8-10-7-12(13)4-2-1-3-11(12)14(10)17-5-6-18-14/h10-11H,1-8H2/t10-,11-,12-,13?/m1/s1. The second kappa shape index (κ2) is 3.77. The van der Waals surface area contributed by atoms with Crippen LogP contribution in [-0.2, 0) is 0 Å². The van der Waals surface area contributed by atoms with E-state index in [0.717, 1.165) is 6.42 Å². The summed E-state index contributed by atoms with van der Waals surface area (Å²) in [5, 5.41) is 9.62. The van der Waals surface area contributed by atoms with Crippen LogP contribution in [0.4, 0.5) is 0 Å². The van der Waals surface area contributed by atoms with Crippen LogP contribution in [0.5, 0.6) is 0 Å². The molecule has 4 aliphatic rings. The molecule has 0 aromatic carbocycles. The minimum absolute atomic E-state index is 0.149. The number of fused-ring (bicyclic) bond motifs is 3. The van der Waals surface area contributed by atoms with Gasteiger partial charge in [0.15, 0.2) is 0 Å². The third kappa shape index (κ3) is 1.20. The molecule has 0 N–H and O–H groups in total. The number of nitriles is 1. The summed E-state index contributed by atoms with van der Waals surface area (Å²) in [4.78, 5) is -0.544. The van der Waals surface area contributed by atoms with Crippen LogP contribution in [0.1, 0.15) is 38.5 Å². The Morgan fingerprint density at radius 3 is 2.67 bits per heavy atom. The number of nitrogens with zero attached hydrogens (tertiary/aromatic N) is 1. The summed E-state index contributed by atoms with van der Waals surface area (Å²) < 4.78 is 0.440. The Bertz CT molecular complexity index is 428. The first-order valence-electron chi connectivity index (χ1n) is 7.05. The predicted molar refractivity (Wildman–Crippen MR) is 79.0 cm³/mol. The van der Waals surface area contributed by atoms with E-state index in [1.165, 1.54) is 43.6 Å². The lowest BCUT2D eigenvalue weighted by Crippen LogP contribution is -2.53. The average Bonchev–Trinajstić information content (AvgIpc) is 3.03. The number of hydrogen-bond acceptors (Lipinski definition) is 3. The molecule has 0 aromatic rings. The van der Waals surface area contributed by atoms with Crippen molar-refractivity contribution in [1.82, 2.24) is 0 Å². The first-order valence-corrected chi connectivity index (χ1v) is 9.40. The summed E-state index contributed by atoms with van der Waals surface area (Å²) >= 11 is 11.2. The van der Waals surface area contributed by atoms with Crippen molar-refractivity contribution in [3.63, 3.8) is 0 Å². The van der Waals surface area contributed by atoms with E-state index in [1.54, 1.807) is 0 Å². The highest BCUT2D eigenvalue weighted by Gasteiger charge is 2.75. The molecule has 0 aromatic heterocycles. The summed E-state index contributed by atoms with van der Waals surface area (Å²) in [7, 11) is 0. The van der Waals surface area contributed by atoms with Crippen molar-refractivity contribution < 1.29 is 0 Å². The number of halogens is 1. The van der Waals surface area contributed by atoms with Gasteiger partial charge >= 0.3 is 0 Å². The average molecular weight is 300 g/mol. The number of hydrogen-bond donors (Lipinski definition) is 0. The Morgan fingerprint density at radius 1 is 1.17 bits per heavy atom. The maximum absolute atomic E-state index is 9.62. The van der Waals surface area contributed by atoms with Crippen LogP contribution < -0.4 is 0 Å². The SMILES string of the molecule is N#CC1(Cl)C[C@H]2C[C@@]13CCCC[C@H]3C21SCCS1. The lowest BCUT2D eigenvalue weighted by molar-refractivity contribution is 0.0943. The van der Waals surface area contributed by atoms with Gasteiger partial charge in [0.25, 0.3) is 0 Å². The Balaban J connectivity index is 1.83. The zero-order chi connectivity index (χ0) is 12.4. The van der Waals surface area contributed by atoms with Crippen LogP contribution in [0.25, 0.3) is 0 Å². The van der Waals surface area contributed by atoms with Crippen molar-refractivity contribution in [2.75, 3.05) is 11.5 Å². The van der Waals surface area contributed by atoms with Crippen LogP contribution in [-0.4, -0.2) is 20.5 Å². The van der Waals surface area contributed by atoms with Crippen molar-refractivity contribution in [2.45, 2.75) is 47.5 Å². The van der Waals surface area contributed by atoms with Crippen LogP contribution >= 0.6 is 35.1 Å². The second-order valence-corrected chi connectivity index (χ2v) is 10.0. The summed E-state index contributed by atoms with van der Waals surface area (Å²) in [6, 6.07) is 2.51. The highest BCUT2D eigenvalue weighted by molar-refractivity contribution is 8.21. The van der Waals surface area contributed by atoms with Gasteiger partial charge in [-0.2, -0.15) is 5.26 Å². The molecule has 0 radical (unpaired) electrons. The molecule has 4 atom stereocenters. The van der Waals surface area contributed by atoms with Crippen LogP contribution in [0.3, 0.4) is 0 Å². The molecule has 1 nitrogen and oxygen atoms in total. The van der Waals surface area contributed by atoms with Gasteiger partial charge in [-0.15, -0.1) is 35.1 Å². The van der Waals surface area contributed by atoms with Crippen LogP contribution in [0.2, 0.25) is 0 Å². The highest BCUT2D eigenvalue weighted by atomic mass is 35.5. The molecule has 2 spiro atoms. The quantitative estimate of drug-likeness (QED) is 0.624. The van der Waals surface area contributed by atoms with E-state index in [4.69, 9.17) is 11.6 Å². The smallest absolute Gasteiger partial charge is 0.137 e. The maximum Gasteiger partial charge on any atom is 0.137 e. The third-order valence-corrected chi connectivity index (χ3v) is 10.5. The molecule has 4 fully saturated rings. The van der Waals surface area contributed by atoms with E-state index in [0.29, 0.717) is 15.9 Å². The van der Waals surface area contributed by atoms with E-state index in [-0.39, 0.29) is 5.41 Å². The van der Waals surface area contributed by atoms with Gasteiger partial charge in [-0.25, -0.2) is 0 Å². The topological polar surface area (TPSA) is 23.8 Å². The van der Waals surface area contributed by atoms with Gasteiger partial charge in [0.2, 0.25) is 0 Å².